The van der Waals surface area contributed by atoms with Gasteiger partial charge in [-0.1, -0.05) is 46.8 Å². The molecule has 1 fully saturated rings. The van der Waals surface area contributed by atoms with Crippen molar-refractivity contribution < 1.29 is 24.5 Å². The quantitative estimate of drug-likeness (QED) is 0.365. The number of esters is 1. The Morgan fingerprint density at radius 2 is 1.94 bits per heavy atom. The zero-order valence-electron chi connectivity index (χ0n) is 19.5. The van der Waals surface area contributed by atoms with Gasteiger partial charge in [0, 0.05) is 18.7 Å². The molecule has 0 bridgehead atoms. The molecule has 2 heterocycles. The second-order valence-electron chi connectivity index (χ2n) is 9.86. The molecule has 1 aliphatic rings. The van der Waals surface area contributed by atoms with Crippen LogP contribution >= 0.6 is 0 Å². The smallest absolute Gasteiger partial charge is 0.330 e. The van der Waals surface area contributed by atoms with Crippen LogP contribution in [0, 0.1) is 10.8 Å². The fourth-order valence-electron chi connectivity index (χ4n) is 3.33. The maximum absolute atomic E-state index is 12.2. The van der Waals surface area contributed by atoms with E-state index < -0.39 is 41.8 Å². The number of hydrogen-bond donors (Lipinski definition) is 3. The summed E-state index contributed by atoms with van der Waals surface area (Å²) in [6.45, 7) is 10.4. The van der Waals surface area contributed by atoms with Gasteiger partial charge in [-0.25, -0.2) is 4.79 Å². The first kappa shape index (κ1) is 26.0. The van der Waals surface area contributed by atoms with Gasteiger partial charge in [0.05, 0.1) is 0 Å². The van der Waals surface area contributed by atoms with Gasteiger partial charge in [0.1, 0.15) is 24.9 Å². The van der Waals surface area contributed by atoms with Gasteiger partial charge in [-0.15, -0.1) is 0 Å². The van der Waals surface area contributed by atoms with Gasteiger partial charge in [-0.2, -0.15) is 0 Å². The zero-order valence-corrected chi connectivity index (χ0v) is 19.5. The molecule has 1 saturated heterocycles. The normalized spacial score (nSPS) is 24.2. The molecule has 3 N–H and O–H groups in total. The molecule has 0 radical (unpaired) electrons. The second-order valence-corrected chi connectivity index (χ2v) is 9.86. The highest BCUT2D eigenvalue weighted by molar-refractivity contribution is 5.69. The number of rotatable bonds is 10. The average molecular weight is 453 g/mol. The number of hydrogen-bond acceptors (Lipinski definition) is 7. The number of aliphatic hydroxyl groups is 2. The van der Waals surface area contributed by atoms with E-state index in [1.54, 1.807) is 0 Å². The number of aromatic nitrogens is 2. The highest BCUT2D eigenvalue weighted by Gasteiger charge is 2.44. The molecule has 1 aromatic rings. The fraction of sp³-hybridized carbons (Fsp3) is 0.696. The molecule has 0 aromatic carbocycles. The first-order chi connectivity index (χ1) is 14.8. The van der Waals surface area contributed by atoms with Crippen LogP contribution in [0.4, 0.5) is 0 Å². The summed E-state index contributed by atoms with van der Waals surface area (Å²) < 4.78 is 11.8. The van der Waals surface area contributed by atoms with Crippen LogP contribution in [0.3, 0.4) is 0 Å². The van der Waals surface area contributed by atoms with Crippen LogP contribution in [-0.4, -0.2) is 50.7 Å². The maximum Gasteiger partial charge on any atom is 0.330 e. The Kier molecular flexibility index (Phi) is 8.61. The minimum absolute atomic E-state index is 0.0740. The van der Waals surface area contributed by atoms with Crippen LogP contribution in [-0.2, 0) is 14.3 Å². The van der Waals surface area contributed by atoms with Crippen molar-refractivity contribution in [3.8, 4) is 0 Å². The van der Waals surface area contributed by atoms with Gasteiger partial charge in [-0.3, -0.25) is 19.1 Å². The first-order valence-corrected chi connectivity index (χ1v) is 11.0. The average Bonchev–Trinajstić information content (AvgIpc) is 2.99. The molecule has 3 unspecified atom stereocenters. The number of allylic oxidation sites excluding steroid dienone is 2. The molecule has 9 nitrogen and oxygen atoms in total. The van der Waals surface area contributed by atoms with Crippen molar-refractivity contribution in [1.82, 2.24) is 9.55 Å². The van der Waals surface area contributed by atoms with Gasteiger partial charge in [0.15, 0.2) is 6.23 Å². The molecule has 32 heavy (non-hydrogen) atoms. The number of ether oxygens (including phenoxy) is 2. The van der Waals surface area contributed by atoms with Crippen LogP contribution in [0.15, 0.2) is 34.0 Å². The molecular weight excluding hydrogens is 416 g/mol. The molecule has 0 aliphatic carbocycles. The van der Waals surface area contributed by atoms with Crippen LogP contribution in [0.5, 0.6) is 0 Å². The molecule has 9 heteroatoms. The summed E-state index contributed by atoms with van der Waals surface area (Å²) in [6.07, 6.45) is 3.33. The number of carbonyl (C=O) groups excluding carboxylic acids is 1. The summed E-state index contributed by atoms with van der Waals surface area (Å²) >= 11 is 0. The lowest BCUT2D eigenvalue weighted by atomic mass is 9.82. The van der Waals surface area contributed by atoms with Crippen LogP contribution in [0.25, 0.3) is 0 Å². The molecule has 1 aliphatic heterocycles. The van der Waals surface area contributed by atoms with Gasteiger partial charge in [0.2, 0.25) is 0 Å². The summed E-state index contributed by atoms with van der Waals surface area (Å²) in [5.74, 6) is -0.425. The number of H-pyrrole nitrogens is 1. The highest BCUT2D eigenvalue weighted by Crippen LogP contribution is 2.31. The third-order valence-electron chi connectivity index (χ3n) is 6.03. The summed E-state index contributed by atoms with van der Waals surface area (Å²) in [5, 5.41) is 20.5. The SMILES string of the molecule is CCC(C)(C)/C=C\CC(C)(C)CCC(=O)OCC1OC(n2ccc(=O)[nH]c2=O)C(O)[C@@H]1O. The molecule has 0 spiro atoms. The largest absolute Gasteiger partial charge is 0.463 e. The Balaban J connectivity index is 1.84. The van der Waals surface area contributed by atoms with E-state index in [9.17, 15) is 24.6 Å². The Morgan fingerprint density at radius 3 is 2.56 bits per heavy atom. The van der Waals surface area contributed by atoms with Crippen molar-refractivity contribution in [1.29, 1.82) is 0 Å². The summed E-state index contributed by atoms with van der Waals surface area (Å²) in [6, 6.07) is 1.11. The van der Waals surface area contributed by atoms with Crippen molar-refractivity contribution in [2.75, 3.05) is 6.61 Å². The maximum atomic E-state index is 12.2. The molecule has 180 valence electrons. The van der Waals surface area contributed by atoms with Gasteiger partial charge >= 0.3 is 11.7 Å². The number of aromatic amines is 1. The van der Waals surface area contributed by atoms with Crippen molar-refractivity contribution >= 4 is 5.97 Å². The van der Waals surface area contributed by atoms with E-state index in [4.69, 9.17) is 9.47 Å². The lowest BCUT2D eigenvalue weighted by molar-refractivity contribution is -0.150. The number of nitrogens with zero attached hydrogens (tertiary/aromatic N) is 1. The van der Waals surface area contributed by atoms with Crippen molar-refractivity contribution in [2.24, 2.45) is 10.8 Å². The van der Waals surface area contributed by atoms with E-state index in [1.807, 2.05) is 0 Å². The zero-order chi connectivity index (χ0) is 24.1. The van der Waals surface area contributed by atoms with Crippen LogP contribution in [0.1, 0.15) is 66.5 Å². The van der Waals surface area contributed by atoms with E-state index in [1.165, 1.54) is 6.20 Å². The van der Waals surface area contributed by atoms with Gasteiger partial charge in [0.25, 0.3) is 5.56 Å². The Morgan fingerprint density at radius 1 is 1.25 bits per heavy atom. The van der Waals surface area contributed by atoms with Gasteiger partial charge in [-0.05, 0) is 30.1 Å². The molecule has 2 rings (SSSR count). The fourth-order valence-corrected chi connectivity index (χ4v) is 3.33. The Bertz CT molecular complexity index is 915. The molecule has 1 aromatic heterocycles. The number of aliphatic hydroxyl groups excluding tert-OH is 2. The molecule has 0 saturated carbocycles. The second kappa shape index (κ2) is 10.6. The predicted octanol–water partition coefficient (Wildman–Crippen LogP) is 1.89. The lowest BCUT2D eigenvalue weighted by Crippen LogP contribution is -2.37. The standard InChI is InChI=1S/C23H36N2O7/c1-6-22(2,3)10-7-11-23(4,5)12-8-17(27)31-14-15-18(28)19(29)20(32-15)25-13-9-16(26)24-21(25)30/h7,9-10,13,15,18-20,28-29H,6,8,11-12,14H2,1-5H3,(H,24,26,30)/b10-7-/t15?,18-,19?,20?/m1/s1. The highest BCUT2D eigenvalue weighted by atomic mass is 16.6. The summed E-state index contributed by atoms with van der Waals surface area (Å²) in [4.78, 5) is 37.4. The molecule has 4 atom stereocenters. The minimum atomic E-state index is -1.42. The lowest BCUT2D eigenvalue weighted by Gasteiger charge is -2.24. The van der Waals surface area contributed by atoms with Gasteiger partial charge < -0.3 is 19.7 Å². The summed E-state index contributed by atoms with van der Waals surface area (Å²) in [7, 11) is 0. The van der Waals surface area contributed by atoms with Crippen LogP contribution in [0.2, 0.25) is 0 Å². The van der Waals surface area contributed by atoms with E-state index in [2.05, 4.69) is 51.8 Å². The Labute approximate surface area is 188 Å². The third kappa shape index (κ3) is 7.15. The van der Waals surface area contributed by atoms with Crippen molar-refractivity contribution in [2.45, 2.75) is 84.8 Å². The van der Waals surface area contributed by atoms with Crippen LogP contribution < -0.4 is 11.2 Å². The number of nitrogens with one attached hydrogen (secondary N) is 1. The van der Waals surface area contributed by atoms with Crippen molar-refractivity contribution in [3.05, 3.63) is 45.3 Å². The monoisotopic (exact) mass is 452 g/mol. The van der Waals surface area contributed by atoms with E-state index in [0.717, 1.165) is 23.5 Å². The van der Waals surface area contributed by atoms with E-state index >= 15 is 0 Å². The first-order valence-electron chi connectivity index (χ1n) is 11.0. The Hall–Kier alpha value is -2.23. The van der Waals surface area contributed by atoms with E-state index in [-0.39, 0.29) is 23.9 Å². The third-order valence-corrected chi connectivity index (χ3v) is 6.03. The molecule has 0 amide bonds. The topological polar surface area (TPSA) is 131 Å². The summed E-state index contributed by atoms with van der Waals surface area (Å²) in [5.41, 5.74) is -1.28. The minimum Gasteiger partial charge on any atom is -0.463 e. The predicted molar refractivity (Wildman–Crippen MR) is 119 cm³/mol. The van der Waals surface area contributed by atoms with E-state index in [0.29, 0.717) is 6.42 Å². The molecular formula is C23H36N2O7. The number of carbonyl (C=O) groups is 1. The van der Waals surface area contributed by atoms with Crippen molar-refractivity contribution in [3.63, 3.8) is 0 Å².